The summed E-state index contributed by atoms with van der Waals surface area (Å²) in [6.07, 6.45) is 0. The molecule has 132 valence electrons. The van der Waals surface area contributed by atoms with Gasteiger partial charge in [0.1, 0.15) is 0 Å². The normalized spacial score (nSPS) is 14.2. The third-order valence-electron chi connectivity index (χ3n) is 4.54. The molecule has 0 atom stereocenters. The average Bonchev–Trinajstić information content (AvgIpc) is 2.69. The van der Waals surface area contributed by atoms with E-state index in [1.54, 1.807) is 0 Å². The fourth-order valence-electron chi connectivity index (χ4n) is 3.27. The van der Waals surface area contributed by atoms with Crippen molar-refractivity contribution in [2.45, 2.75) is 0 Å². The number of rotatable bonds is 3. The van der Waals surface area contributed by atoms with Gasteiger partial charge in [0, 0.05) is 18.5 Å². The number of morpholine rings is 1. The summed E-state index contributed by atoms with van der Waals surface area (Å²) in [7, 11) is 0. The molecule has 4 rings (SSSR count). The Morgan fingerprint density at radius 1 is 0.808 bits per heavy atom. The van der Waals surface area contributed by atoms with E-state index in [2.05, 4.69) is 15.5 Å². The van der Waals surface area contributed by atoms with Gasteiger partial charge in [0.15, 0.2) is 0 Å². The van der Waals surface area contributed by atoms with Gasteiger partial charge in [-0.15, -0.1) is 0 Å². The first-order valence-electron chi connectivity index (χ1n) is 8.79. The van der Waals surface area contributed by atoms with Crippen LogP contribution in [0.5, 0.6) is 0 Å². The van der Waals surface area contributed by atoms with E-state index in [1.165, 1.54) is 0 Å². The lowest BCUT2D eigenvalue weighted by molar-refractivity contribution is 0.123. The Hall–Kier alpha value is -3.05. The minimum atomic E-state index is -0.248. The van der Waals surface area contributed by atoms with Crippen molar-refractivity contribution >= 4 is 33.9 Å². The highest BCUT2D eigenvalue weighted by molar-refractivity contribution is 6.07. The molecule has 5 nitrogen and oxygen atoms in total. The lowest BCUT2D eigenvalue weighted by atomic mass is 10.1. The summed E-state index contributed by atoms with van der Waals surface area (Å²) in [5.41, 5.74) is 2.61. The zero-order chi connectivity index (χ0) is 17.8. The number of hydrogen-bond acceptors (Lipinski definition) is 3. The average molecular weight is 347 g/mol. The molecule has 26 heavy (non-hydrogen) atoms. The number of ether oxygens (including phenoxy) is 1. The molecule has 0 spiro atoms. The number of urea groups is 1. The van der Waals surface area contributed by atoms with Crippen molar-refractivity contribution in [1.29, 1.82) is 0 Å². The monoisotopic (exact) mass is 347 g/mol. The zero-order valence-corrected chi connectivity index (χ0v) is 14.4. The van der Waals surface area contributed by atoms with Gasteiger partial charge in [-0.3, -0.25) is 0 Å². The third kappa shape index (κ3) is 3.48. The second-order valence-electron chi connectivity index (χ2n) is 6.22. The number of hydrogen-bond donors (Lipinski definition) is 2. The van der Waals surface area contributed by atoms with Gasteiger partial charge < -0.3 is 20.3 Å². The predicted octanol–water partition coefficient (Wildman–Crippen LogP) is 4.32. The molecule has 0 unspecified atom stereocenters. The second kappa shape index (κ2) is 7.45. The summed E-state index contributed by atoms with van der Waals surface area (Å²) in [6, 6.07) is 21.5. The van der Waals surface area contributed by atoms with Crippen molar-refractivity contribution in [3.8, 4) is 0 Å². The van der Waals surface area contributed by atoms with Crippen LogP contribution < -0.4 is 15.5 Å². The maximum atomic E-state index is 12.6. The Balaban J connectivity index is 1.53. The van der Waals surface area contributed by atoms with Crippen LogP contribution in [0.2, 0.25) is 0 Å². The molecule has 3 aromatic carbocycles. The second-order valence-corrected chi connectivity index (χ2v) is 6.22. The van der Waals surface area contributed by atoms with Crippen molar-refractivity contribution < 1.29 is 9.53 Å². The van der Waals surface area contributed by atoms with Crippen LogP contribution in [0.4, 0.5) is 21.9 Å². The number of fused-ring (bicyclic) bond motifs is 1. The van der Waals surface area contributed by atoms with Crippen LogP contribution >= 0.6 is 0 Å². The quantitative estimate of drug-likeness (QED) is 0.742. The highest BCUT2D eigenvalue weighted by Gasteiger charge is 2.16. The molecule has 0 bridgehead atoms. The summed E-state index contributed by atoms with van der Waals surface area (Å²) < 4.78 is 5.42. The Labute approximate surface area is 152 Å². The Morgan fingerprint density at radius 2 is 1.46 bits per heavy atom. The first-order chi connectivity index (χ1) is 12.8. The molecule has 1 heterocycles. The fraction of sp³-hybridized carbons (Fsp3) is 0.190. The van der Waals surface area contributed by atoms with Gasteiger partial charge in [0.2, 0.25) is 0 Å². The van der Waals surface area contributed by atoms with Gasteiger partial charge in [-0.1, -0.05) is 48.5 Å². The number of nitrogens with zero attached hydrogens (tertiary/aromatic N) is 1. The minimum Gasteiger partial charge on any atom is -0.378 e. The van der Waals surface area contributed by atoms with Gasteiger partial charge in [-0.25, -0.2) is 4.79 Å². The Morgan fingerprint density at radius 3 is 2.35 bits per heavy atom. The fourth-order valence-corrected chi connectivity index (χ4v) is 3.27. The maximum Gasteiger partial charge on any atom is 0.323 e. The molecule has 0 aromatic heterocycles. The Kier molecular flexibility index (Phi) is 4.71. The van der Waals surface area contributed by atoms with Gasteiger partial charge in [0.05, 0.1) is 30.3 Å². The summed E-state index contributed by atoms with van der Waals surface area (Å²) in [5, 5.41) is 8.08. The first kappa shape index (κ1) is 16.4. The van der Waals surface area contributed by atoms with Gasteiger partial charge in [0.25, 0.3) is 0 Å². The number of para-hydroxylation sites is 2. The van der Waals surface area contributed by atoms with E-state index in [4.69, 9.17) is 4.74 Å². The van der Waals surface area contributed by atoms with E-state index in [0.29, 0.717) is 13.2 Å². The Bertz CT molecular complexity index is 915. The predicted molar refractivity (Wildman–Crippen MR) is 106 cm³/mol. The SMILES string of the molecule is O=C(Nc1ccccc1N1CCOCC1)Nc1cccc2ccccc12. The summed E-state index contributed by atoms with van der Waals surface area (Å²) in [4.78, 5) is 14.8. The van der Waals surface area contributed by atoms with E-state index >= 15 is 0 Å². The number of carbonyl (C=O) groups is 1. The van der Waals surface area contributed by atoms with Crippen LogP contribution in [0.25, 0.3) is 10.8 Å². The van der Waals surface area contributed by atoms with Crippen LogP contribution in [-0.4, -0.2) is 32.3 Å². The lowest BCUT2D eigenvalue weighted by Crippen LogP contribution is -2.37. The van der Waals surface area contributed by atoms with Gasteiger partial charge in [-0.2, -0.15) is 0 Å². The highest BCUT2D eigenvalue weighted by Crippen LogP contribution is 2.27. The van der Waals surface area contributed by atoms with Gasteiger partial charge in [-0.05, 0) is 23.6 Å². The van der Waals surface area contributed by atoms with E-state index < -0.39 is 0 Å². The van der Waals surface area contributed by atoms with Crippen molar-refractivity contribution in [1.82, 2.24) is 0 Å². The molecule has 0 radical (unpaired) electrons. The molecule has 3 aromatic rings. The van der Waals surface area contributed by atoms with Crippen molar-refractivity contribution in [2.75, 3.05) is 41.8 Å². The molecule has 5 heteroatoms. The largest absolute Gasteiger partial charge is 0.378 e. The molecule has 1 fully saturated rings. The van der Waals surface area contributed by atoms with Crippen molar-refractivity contribution in [3.63, 3.8) is 0 Å². The third-order valence-corrected chi connectivity index (χ3v) is 4.54. The smallest absolute Gasteiger partial charge is 0.323 e. The first-order valence-corrected chi connectivity index (χ1v) is 8.79. The number of anilines is 3. The van der Waals surface area contributed by atoms with Crippen LogP contribution in [0, 0.1) is 0 Å². The summed E-state index contributed by atoms with van der Waals surface area (Å²) >= 11 is 0. The topological polar surface area (TPSA) is 53.6 Å². The van der Waals surface area contributed by atoms with E-state index in [0.717, 1.165) is 40.9 Å². The van der Waals surface area contributed by atoms with Crippen molar-refractivity contribution in [2.24, 2.45) is 0 Å². The number of amides is 2. The maximum absolute atomic E-state index is 12.6. The molecule has 2 N–H and O–H groups in total. The molecule has 1 saturated heterocycles. The van der Waals surface area contributed by atoms with Crippen LogP contribution in [0.3, 0.4) is 0 Å². The molecule has 0 saturated carbocycles. The van der Waals surface area contributed by atoms with Crippen LogP contribution in [0.15, 0.2) is 66.7 Å². The molecular weight excluding hydrogens is 326 g/mol. The van der Waals surface area contributed by atoms with Crippen LogP contribution in [0.1, 0.15) is 0 Å². The number of carbonyl (C=O) groups excluding carboxylic acids is 1. The molecule has 0 aliphatic carbocycles. The number of benzene rings is 3. The highest BCUT2D eigenvalue weighted by atomic mass is 16.5. The molecule has 1 aliphatic rings. The van der Waals surface area contributed by atoms with Gasteiger partial charge >= 0.3 is 6.03 Å². The van der Waals surface area contributed by atoms with E-state index in [-0.39, 0.29) is 6.03 Å². The minimum absolute atomic E-state index is 0.248. The lowest BCUT2D eigenvalue weighted by Gasteiger charge is -2.30. The van der Waals surface area contributed by atoms with Crippen molar-refractivity contribution in [3.05, 3.63) is 66.7 Å². The standard InChI is InChI=1S/C21H21N3O2/c25-21(22-18-10-5-7-16-6-1-2-8-17(16)18)23-19-9-3-4-11-20(19)24-12-14-26-15-13-24/h1-11H,12-15H2,(H2,22,23,25). The molecular formula is C21H21N3O2. The van der Waals surface area contributed by atoms with E-state index in [9.17, 15) is 4.79 Å². The zero-order valence-electron chi connectivity index (χ0n) is 14.4. The summed E-state index contributed by atoms with van der Waals surface area (Å²) in [5.74, 6) is 0. The summed E-state index contributed by atoms with van der Waals surface area (Å²) in [6.45, 7) is 3.06. The number of nitrogens with one attached hydrogen (secondary N) is 2. The molecule has 2 amide bonds. The van der Waals surface area contributed by atoms with Crippen LogP contribution in [-0.2, 0) is 4.74 Å². The molecule has 1 aliphatic heterocycles. The van der Waals surface area contributed by atoms with E-state index in [1.807, 2.05) is 66.7 Å².